The summed E-state index contributed by atoms with van der Waals surface area (Å²) in [5.41, 5.74) is 8.14. The summed E-state index contributed by atoms with van der Waals surface area (Å²) >= 11 is 0. The molecule has 0 bridgehead atoms. The molecule has 5 rings (SSSR count). The highest BCUT2D eigenvalue weighted by Crippen LogP contribution is 2.38. The number of nitrogens with two attached hydrogens (primary N) is 1. The van der Waals surface area contributed by atoms with Crippen molar-refractivity contribution in [2.75, 3.05) is 50.6 Å². The number of likely N-dealkylation sites (N-methyl/N-ethyl adjacent to an activating group) is 1. The lowest BCUT2D eigenvalue weighted by Crippen LogP contribution is -2.75. The molecular weight excluding hydrogens is 432 g/mol. The van der Waals surface area contributed by atoms with Crippen molar-refractivity contribution in [3.63, 3.8) is 0 Å². The zero-order valence-corrected chi connectivity index (χ0v) is 19.6. The third-order valence-electron chi connectivity index (χ3n) is 6.97. The van der Waals surface area contributed by atoms with Crippen LogP contribution in [0.4, 0.5) is 17.2 Å². The molecule has 34 heavy (non-hydrogen) atoms. The molecule has 3 aromatic rings. The minimum Gasteiger partial charge on any atom is -0.383 e. The van der Waals surface area contributed by atoms with Gasteiger partial charge in [0.2, 0.25) is 5.69 Å². The molecule has 0 aliphatic carbocycles. The molecule has 2 atom stereocenters. The number of quaternary nitrogens is 1. The van der Waals surface area contributed by atoms with Gasteiger partial charge in [0.15, 0.2) is 6.67 Å². The summed E-state index contributed by atoms with van der Waals surface area (Å²) in [5, 5.41) is 9.82. The lowest BCUT2D eigenvalue weighted by atomic mass is 10.00. The van der Waals surface area contributed by atoms with Gasteiger partial charge in [0.25, 0.3) is 0 Å². The van der Waals surface area contributed by atoms with E-state index in [2.05, 4.69) is 27.0 Å². The Morgan fingerprint density at radius 2 is 1.94 bits per heavy atom. The number of benzene rings is 1. The highest BCUT2D eigenvalue weighted by atomic mass is 16.2. The molecular formula is C24H31N8O2+. The summed E-state index contributed by atoms with van der Waals surface area (Å²) in [7, 11) is 1.96. The molecule has 3 N–H and O–H groups in total. The summed E-state index contributed by atoms with van der Waals surface area (Å²) in [5.74, 6) is -0.282. The number of carbonyl (C=O) groups is 2. The summed E-state index contributed by atoms with van der Waals surface area (Å²) in [6, 6.07) is 9.75. The number of piperidine rings is 1. The van der Waals surface area contributed by atoms with Crippen LogP contribution >= 0.6 is 0 Å². The topological polar surface area (TPSA) is 111 Å². The number of hydrogen-bond acceptors (Lipinski definition) is 7. The van der Waals surface area contributed by atoms with Crippen LogP contribution in [0.3, 0.4) is 0 Å². The van der Waals surface area contributed by atoms with E-state index in [9.17, 15) is 9.59 Å². The number of anilines is 2. The number of nitrogens with zero attached hydrogens (tertiary/aromatic N) is 6. The molecule has 2 aliphatic heterocycles. The Hall–Kier alpha value is -3.50. The molecule has 2 aliphatic rings. The number of likely N-dealkylation sites (tertiary alicyclic amines) is 1. The molecule has 2 fully saturated rings. The van der Waals surface area contributed by atoms with E-state index < -0.39 is 11.8 Å². The van der Waals surface area contributed by atoms with Crippen molar-refractivity contribution >= 4 is 39.9 Å². The van der Waals surface area contributed by atoms with Crippen LogP contribution in [0.1, 0.15) is 19.8 Å². The Labute approximate surface area is 198 Å². The van der Waals surface area contributed by atoms with E-state index in [0.717, 1.165) is 25.1 Å². The van der Waals surface area contributed by atoms with Crippen LogP contribution in [0.25, 0.3) is 10.9 Å². The van der Waals surface area contributed by atoms with E-state index in [1.807, 2.05) is 42.4 Å². The quantitative estimate of drug-likeness (QED) is 0.441. The first-order chi connectivity index (χ1) is 16.4. The smallest absolute Gasteiger partial charge is 0.383 e. The molecule has 10 heteroatoms. The van der Waals surface area contributed by atoms with Gasteiger partial charge in [-0.15, -0.1) is 4.59 Å². The minimum absolute atomic E-state index is 0.280. The second-order valence-corrected chi connectivity index (χ2v) is 9.44. The van der Waals surface area contributed by atoms with Gasteiger partial charge in [-0.25, -0.2) is 14.8 Å². The normalized spacial score (nSPS) is 23.9. The van der Waals surface area contributed by atoms with Crippen LogP contribution in [-0.2, 0) is 9.59 Å². The average molecular weight is 464 g/mol. The highest BCUT2D eigenvalue weighted by Gasteiger charge is 2.55. The lowest BCUT2D eigenvalue weighted by molar-refractivity contribution is -0.154. The van der Waals surface area contributed by atoms with Crippen LogP contribution in [0.2, 0.25) is 0 Å². The third-order valence-corrected chi connectivity index (χ3v) is 6.97. The van der Waals surface area contributed by atoms with Crippen LogP contribution in [0.5, 0.6) is 0 Å². The van der Waals surface area contributed by atoms with E-state index >= 15 is 0 Å². The van der Waals surface area contributed by atoms with Crippen molar-refractivity contribution in [3.05, 3.63) is 42.7 Å². The Balaban J connectivity index is 1.72. The zero-order chi connectivity index (χ0) is 23.9. The molecule has 2 aromatic heterocycles. The number of amides is 2. The van der Waals surface area contributed by atoms with Gasteiger partial charge in [0.1, 0.15) is 11.3 Å². The van der Waals surface area contributed by atoms with E-state index in [-0.39, 0.29) is 11.3 Å². The van der Waals surface area contributed by atoms with E-state index in [1.165, 1.54) is 0 Å². The molecule has 0 radical (unpaired) electrons. The van der Waals surface area contributed by atoms with Gasteiger partial charge in [-0.2, -0.15) is 5.10 Å². The number of nitrogen functional groups attached to an aromatic ring is 1. The van der Waals surface area contributed by atoms with Gasteiger partial charge in [0, 0.05) is 19.6 Å². The maximum atomic E-state index is 14.4. The molecule has 2 saturated heterocycles. The molecule has 1 aromatic carbocycles. The van der Waals surface area contributed by atoms with Crippen molar-refractivity contribution in [2.45, 2.75) is 19.8 Å². The Bertz CT molecular complexity index is 1210. The Morgan fingerprint density at radius 1 is 1.15 bits per heavy atom. The van der Waals surface area contributed by atoms with Gasteiger partial charge in [-0.3, -0.25) is 14.8 Å². The number of aromatic nitrogens is 3. The molecule has 2 amide bonds. The minimum atomic E-state index is -0.507. The van der Waals surface area contributed by atoms with Gasteiger partial charge < -0.3 is 10.6 Å². The first kappa shape index (κ1) is 22.3. The van der Waals surface area contributed by atoms with E-state index in [0.29, 0.717) is 48.0 Å². The first-order valence-corrected chi connectivity index (χ1v) is 11.7. The lowest BCUT2D eigenvalue weighted by Gasteiger charge is -2.49. The fourth-order valence-corrected chi connectivity index (χ4v) is 5.24. The Kier molecular flexibility index (Phi) is 5.70. The zero-order valence-electron chi connectivity index (χ0n) is 19.6. The predicted octanol–water partition coefficient (Wildman–Crippen LogP) is 1.96. The first-order valence-electron chi connectivity index (χ1n) is 11.7. The molecule has 0 saturated carbocycles. The Morgan fingerprint density at radius 3 is 2.71 bits per heavy atom. The fourth-order valence-electron chi connectivity index (χ4n) is 5.24. The second kappa shape index (κ2) is 8.69. The van der Waals surface area contributed by atoms with E-state index in [1.54, 1.807) is 17.3 Å². The number of rotatable bonds is 2. The monoisotopic (exact) mass is 463 g/mol. The van der Waals surface area contributed by atoms with Crippen molar-refractivity contribution in [1.82, 2.24) is 29.6 Å². The number of para-hydroxylation sites is 1. The summed E-state index contributed by atoms with van der Waals surface area (Å²) in [6.07, 6.45) is 5.18. The number of fused-ring (bicyclic) bond motifs is 1. The number of nitrogens with one attached hydrogen (secondary N) is 1. The standard InChI is InChI=1S/C24H31N8O2/c1-17-7-6-10-30(15-17)23(33)24(34)32(20-14-26-22(25)19-13-27-28-21(19)20)16-29(2)11-12-31(32)18-8-4-3-5-9-18/h3-5,8-9,13-14,17H,6-7,10-12,15-16H2,1-2H3,(H2,25,26)(H,27,28)/q+1. The number of carbonyl (C=O) groups excluding carboxylic acids is 2. The largest absolute Gasteiger partial charge is 0.434 e. The van der Waals surface area contributed by atoms with Gasteiger partial charge in [-0.05, 0) is 37.9 Å². The SMILES string of the molecule is CC1CCCN(C(=O)C(=O)[N+]2(c3cnc(N)c4cn[nH]c34)CN(C)CCN2c2ccccc2)C1. The third kappa shape index (κ3) is 3.59. The molecule has 4 heterocycles. The number of aromatic amines is 1. The summed E-state index contributed by atoms with van der Waals surface area (Å²) in [6.45, 7) is 4.88. The summed E-state index contributed by atoms with van der Waals surface area (Å²) < 4.78 is -0.337. The highest BCUT2D eigenvalue weighted by molar-refractivity contribution is 6.39. The average Bonchev–Trinajstić information content (AvgIpc) is 3.34. The molecule has 10 nitrogen and oxygen atoms in total. The number of H-pyrrole nitrogens is 1. The second-order valence-electron chi connectivity index (χ2n) is 9.44. The van der Waals surface area contributed by atoms with Gasteiger partial charge in [-0.1, -0.05) is 25.1 Å². The molecule has 178 valence electrons. The predicted molar refractivity (Wildman–Crippen MR) is 131 cm³/mol. The maximum absolute atomic E-state index is 14.4. The van der Waals surface area contributed by atoms with Crippen molar-refractivity contribution < 1.29 is 9.59 Å². The molecule has 2 unspecified atom stereocenters. The number of hydrogen-bond donors (Lipinski definition) is 2. The van der Waals surface area contributed by atoms with Gasteiger partial charge in [0.05, 0.1) is 30.0 Å². The van der Waals surface area contributed by atoms with Crippen molar-refractivity contribution in [2.24, 2.45) is 5.92 Å². The van der Waals surface area contributed by atoms with Crippen LogP contribution in [0, 0.1) is 5.92 Å². The molecule has 0 spiro atoms. The number of pyridine rings is 1. The van der Waals surface area contributed by atoms with Crippen LogP contribution in [-0.4, -0.2) is 76.7 Å². The maximum Gasteiger partial charge on any atom is 0.434 e. The van der Waals surface area contributed by atoms with Crippen molar-refractivity contribution in [1.29, 1.82) is 0 Å². The summed E-state index contributed by atoms with van der Waals surface area (Å²) in [4.78, 5) is 36.4. The van der Waals surface area contributed by atoms with Crippen LogP contribution < -0.4 is 15.3 Å². The fraction of sp³-hybridized carbons (Fsp3) is 0.417. The van der Waals surface area contributed by atoms with E-state index in [4.69, 9.17) is 5.73 Å². The van der Waals surface area contributed by atoms with Crippen LogP contribution in [0.15, 0.2) is 42.7 Å². The van der Waals surface area contributed by atoms with Gasteiger partial charge >= 0.3 is 11.8 Å². The van der Waals surface area contributed by atoms with Crippen molar-refractivity contribution in [3.8, 4) is 0 Å².